The average molecular weight is 295 g/mol. The molecule has 0 bridgehead atoms. The molecule has 2 heterocycles. The van der Waals surface area contributed by atoms with Crippen LogP contribution in [0.3, 0.4) is 0 Å². The molecule has 0 spiro atoms. The Morgan fingerprint density at radius 3 is 2.86 bits per heavy atom. The van der Waals surface area contributed by atoms with Crippen molar-refractivity contribution in [2.45, 2.75) is 19.4 Å². The molecule has 112 valence electrons. The van der Waals surface area contributed by atoms with Crippen molar-refractivity contribution in [2.24, 2.45) is 0 Å². The third-order valence-electron chi connectivity index (χ3n) is 4.44. The number of hydrogen-bond donors (Lipinski definition) is 0. The van der Waals surface area contributed by atoms with Gasteiger partial charge < -0.3 is 9.30 Å². The third kappa shape index (κ3) is 1.85. The fraction of sp³-hybridized carbons (Fsp3) is 0.263. The summed E-state index contributed by atoms with van der Waals surface area (Å²) in [6, 6.07) is 12.5. The first-order valence-electron chi connectivity index (χ1n) is 7.72. The van der Waals surface area contributed by atoms with E-state index in [2.05, 4.69) is 35.4 Å². The van der Waals surface area contributed by atoms with Crippen LogP contribution >= 0.6 is 0 Å². The van der Waals surface area contributed by atoms with Crippen LogP contribution in [-0.2, 0) is 6.54 Å². The normalized spacial score (nSPS) is 14.3. The number of ether oxygens (including phenoxy) is 1. The Balaban J connectivity index is 2.09. The summed E-state index contributed by atoms with van der Waals surface area (Å²) in [5, 5.41) is 2.30. The highest BCUT2D eigenvalue weighted by Crippen LogP contribution is 2.42. The minimum absolute atomic E-state index is 0.299. The number of aromatic nitrogens is 1. The molecule has 1 aliphatic heterocycles. The first-order chi connectivity index (χ1) is 10.8. The SMILES string of the molecule is C=C1CCOc2c1ccc1c2c2ccccc2n1CCCF. The summed E-state index contributed by atoms with van der Waals surface area (Å²) in [6.45, 7) is 5.22. The van der Waals surface area contributed by atoms with Crippen LogP contribution in [0.15, 0.2) is 43.0 Å². The highest BCUT2D eigenvalue weighted by atomic mass is 19.1. The number of benzene rings is 2. The van der Waals surface area contributed by atoms with Gasteiger partial charge in [0.2, 0.25) is 0 Å². The molecule has 4 rings (SSSR count). The number of hydrogen-bond acceptors (Lipinski definition) is 1. The summed E-state index contributed by atoms with van der Waals surface area (Å²) in [7, 11) is 0. The molecule has 0 aliphatic carbocycles. The molecule has 0 unspecified atom stereocenters. The number of fused-ring (bicyclic) bond motifs is 5. The van der Waals surface area contributed by atoms with Crippen LogP contribution in [0.5, 0.6) is 5.75 Å². The quantitative estimate of drug-likeness (QED) is 0.667. The molecule has 1 aliphatic rings. The van der Waals surface area contributed by atoms with Gasteiger partial charge in [0.15, 0.2) is 0 Å². The van der Waals surface area contributed by atoms with Gasteiger partial charge in [0.25, 0.3) is 0 Å². The van der Waals surface area contributed by atoms with Crippen molar-refractivity contribution < 1.29 is 9.13 Å². The molecule has 3 aromatic rings. The number of aryl methyl sites for hydroxylation is 1. The van der Waals surface area contributed by atoms with Gasteiger partial charge in [-0.2, -0.15) is 0 Å². The maximum atomic E-state index is 12.7. The van der Waals surface area contributed by atoms with E-state index in [9.17, 15) is 4.39 Å². The Morgan fingerprint density at radius 1 is 1.14 bits per heavy atom. The minimum atomic E-state index is -0.299. The molecule has 3 heteroatoms. The number of rotatable bonds is 3. The average Bonchev–Trinajstić information content (AvgIpc) is 2.87. The van der Waals surface area contributed by atoms with Crippen molar-refractivity contribution in [2.75, 3.05) is 13.3 Å². The van der Waals surface area contributed by atoms with E-state index >= 15 is 0 Å². The van der Waals surface area contributed by atoms with E-state index in [-0.39, 0.29) is 6.67 Å². The lowest BCUT2D eigenvalue weighted by atomic mass is 9.98. The topological polar surface area (TPSA) is 14.2 Å². The second-order valence-corrected chi connectivity index (χ2v) is 5.75. The van der Waals surface area contributed by atoms with Gasteiger partial charge in [-0.1, -0.05) is 24.8 Å². The molecule has 0 saturated carbocycles. The lowest BCUT2D eigenvalue weighted by Crippen LogP contribution is -2.07. The molecule has 0 radical (unpaired) electrons. The number of alkyl halides is 1. The van der Waals surface area contributed by atoms with Crippen molar-refractivity contribution >= 4 is 27.4 Å². The largest absolute Gasteiger partial charge is 0.492 e. The molecular weight excluding hydrogens is 277 g/mol. The fourth-order valence-electron chi connectivity index (χ4n) is 3.41. The van der Waals surface area contributed by atoms with Gasteiger partial charge in [-0.25, -0.2) is 0 Å². The lowest BCUT2D eigenvalue weighted by Gasteiger charge is -2.20. The van der Waals surface area contributed by atoms with Crippen LogP contribution in [0.1, 0.15) is 18.4 Å². The van der Waals surface area contributed by atoms with Gasteiger partial charge in [-0.05, 0) is 30.2 Å². The maximum absolute atomic E-state index is 12.7. The van der Waals surface area contributed by atoms with E-state index in [0.717, 1.165) is 39.7 Å². The molecule has 2 aromatic carbocycles. The van der Waals surface area contributed by atoms with Gasteiger partial charge in [0.05, 0.1) is 24.2 Å². The zero-order valence-electron chi connectivity index (χ0n) is 12.4. The Hall–Kier alpha value is -2.29. The van der Waals surface area contributed by atoms with Gasteiger partial charge in [-0.3, -0.25) is 4.39 Å². The smallest absolute Gasteiger partial charge is 0.136 e. The summed E-state index contributed by atoms with van der Waals surface area (Å²) < 4.78 is 20.8. The Kier molecular flexibility index (Phi) is 3.14. The van der Waals surface area contributed by atoms with Crippen LogP contribution in [0.2, 0.25) is 0 Å². The summed E-state index contributed by atoms with van der Waals surface area (Å²) in [5.41, 5.74) is 4.48. The van der Waals surface area contributed by atoms with Crippen molar-refractivity contribution in [3.63, 3.8) is 0 Å². The summed E-state index contributed by atoms with van der Waals surface area (Å²) >= 11 is 0. The van der Waals surface area contributed by atoms with E-state index in [4.69, 9.17) is 4.74 Å². The van der Waals surface area contributed by atoms with E-state index in [0.29, 0.717) is 19.6 Å². The molecule has 2 nitrogen and oxygen atoms in total. The number of halogens is 1. The van der Waals surface area contributed by atoms with Gasteiger partial charge in [0.1, 0.15) is 5.75 Å². The molecule has 0 atom stereocenters. The Labute approximate surface area is 128 Å². The highest BCUT2D eigenvalue weighted by Gasteiger charge is 2.21. The van der Waals surface area contributed by atoms with Crippen molar-refractivity contribution in [3.05, 3.63) is 48.5 Å². The first-order valence-corrected chi connectivity index (χ1v) is 7.72. The van der Waals surface area contributed by atoms with Crippen molar-refractivity contribution in [1.29, 1.82) is 0 Å². The Morgan fingerprint density at radius 2 is 2.00 bits per heavy atom. The molecular formula is C19H18FNO. The predicted octanol–water partition coefficient (Wildman–Crippen LogP) is 4.95. The molecule has 22 heavy (non-hydrogen) atoms. The van der Waals surface area contributed by atoms with E-state index in [1.807, 2.05) is 12.1 Å². The first kappa shape index (κ1) is 13.4. The van der Waals surface area contributed by atoms with Gasteiger partial charge >= 0.3 is 0 Å². The second-order valence-electron chi connectivity index (χ2n) is 5.75. The van der Waals surface area contributed by atoms with Crippen LogP contribution in [0.25, 0.3) is 27.4 Å². The molecule has 0 N–H and O–H groups in total. The number of nitrogens with zero attached hydrogens (tertiary/aromatic N) is 1. The van der Waals surface area contributed by atoms with Crippen LogP contribution in [-0.4, -0.2) is 17.8 Å². The second kappa shape index (κ2) is 5.16. The van der Waals surface area contributed by atoms with Crippen molar-refractivity contribution in [1.82, 2.24) is 4.57 Å². The molecule has 0 fully saturated rings. The van der Waals surface area contributed by atoms with Crippen LogP contribution in [0.4, 0.5) is 4.39 Å². The van der Waals surface area contributed by atoms with Gasteiger partial charge in [0, 0.05) is 29.4 Å². The summed E-state index contributed by atoms with van der Waals surface area (Å²) in [5.74, 6) is 0.934. The summed E-state index contributed by atoms with van der Waals surface area (Å²) in [6.07, 6.45) is 1.40. The zero-order chi connectivity index (χ0) is 15.1. The molecule has 0 amide bonds. The van der Waals surface area contributed by atoms with Gasteiger partial charge in [-0.15, -0.1) is 0 Å². The minimum Gasteiger partial charge on any atom is -0.492 e. The van der Waals surface area contributed by atoms with Crippen LogP contribution in [0, 0.1) is 0 Å². The standard InChI is InChI=1S/C19H18FNO/c1-13-9-12-22-19-14(13)7-8-17-18(19)15-5-2-3-6-16(15)21(17)11-4-10-20/h2-3,5-8H,1,4,9-12H2. The molecule has 1 aromatic heterocycles. The van der Waals surface area contributed by atoms with Crippen LogP contribution < -0.4 is 4.74 Å². The third-order valence-corrected chi connectivity index (χ3v) is 4.44. The summed E-state index contributed by atoms with van der Waals surface area (Å²) in [4.78, 5) is 0. The lowest BCUT2D eigenvalue weighted by molar-refractivity contribution is 0.321. The number of para-hydroxylation sites is 1. The predicted molar refractivity (Wildman–Crippen MR) is 89.2 cm³/mol. The van der Waals surface area contributed by atoms with E-state index in [1.54, 1.807) is 0 Å². The Bertz CT molecular complexity index is 878. The fourth-order valence-corrected chi connectivity index (χ4v) is 3.41. The highest BCUT2D eigenvalue weighted by molar-refractivity contribution is 6.12. The van der Waals surface area contributed by atoms with E-state index < -0.39 is 0 Å². The van der Waals surface area contributed by atoms with Crippen molar-refractivity contribution in [3.8, 4) is 5.75 Å². The maximum Gasteiger partial charge on any atom is 0.136 e. The molecule has 0 saturated heterocycles. The zero-order valence-corrected chi connectivity index (χ0v) is 12.4. The van der Waals surface area contributed by atoms with E-state index in [1.165, 1.54) is 5.39 Å². The monoisotopic (exact) mass is 295 g/mol.